The number of hydrogen-bond acceptors (Lipinski definition) is 3. The molecule has 0 aliphatic carbocycles. The van der Waals surface area contributed by atoms with Gasteiger partial charge in [-0.25, -0.2) is 22.4 Å². The summed E-state index contributed by atoms with van der Waals surface area (Å²) in [5.41, 5.74) is 8.78. The molecule has 0 aliphatic heterocycles. The molecule has 8 heteroatoms. The lowest BCUT2D eigenvalue weighted by atomic mass is 9.91. The van der Waals surface area contributed by atoms with Crippen molar-refractivity contribution in [2.45, 2.75) is 27.7 Å². The van der Waals surface area contributed by atoms with E-state index in [1.165, 1.54) is 0 Å². The zero-order chi connectivity index (χ0) is 46.0. The fraction of sp³-hybridized carbons (Fsp3) is 0.0690. The maximum Gasteiger partial charge on any atom is 0.187 e. The minimum absolute atomic E-state index is 0.105. The average Bonchev–Trinajstić information content (AvgIpc) is 3.32. The quantitative estimate of drug-likeness (QED) is 0.0867. The molecule has 0 amide bonds. The summed E-state index contributed by atoms with van der Waals surface area (Å²) in [5.74, 6) is -2.94. The number of anilines is 6. The second-order valence-corrected chi connectivity index (χ2v) is 16.6. The lowest BCUT2D eigenvalue weighted by Gasteiger charge is -2.30. The van der Waals surface area contributed by atoms with Gasteiger partial charge >= 0.3 is 0 Å². The largest absolute Gasteiger partial charge is 0.307 e. The maximum atomic E-state index is 16.6. The lowest BCUT2D eigenvalue weighted by molar-refractivity contribution is 0.585. The number of rotatable bonds is 8. The summed E-state index contributed by atoms with van der Waals surface area (Å²) in [4.78, 5) is 7.10. The number of nitriles is 1. The molecule has 0 fully saturated rings. The molecule has 0 aromatic heterocycles. The van der Waals surface area contributed by atoms with Crippen molar-refractivity contribution in [3.05, 3.63) is 220 Å². The van der Waals surface area contributed by atoms with E-state index in [-0.39, 0.29) is 22.5 Å². The van der Waals surface area contributed by atoms with Gasteiger partial charge in [0.2, 0.25) is 0 Å². The van der Waals surface area contributed by atoms with Gasteiger partial charge in [0.15, 0.2) is 5.69 Å². The molecule has 0 saturated heterocycles. The Morgan fingerprint density at radius 1 is 0.455 bits per heavy atom. The third-order valence-electron chi connectivity index (χ3n) is 12.9. The molecule has 0 saturated carbocycles. The lowest BCUT2D eigenvalue weighted by Crippen LogP contribution is -2.14. The molecule has 0 spiro atoms. The van der Waals surface area contributed by atoms with E-state index in [0.29, 0.717) is 45.1 Å². The summed E-state index contributed by atoms with van der Waals surface area (Å²) in [6, 6.07) is 47.7. The van der Waals surface area contributed by atoms with E-state index < -0.39 is 23.3 Å². The van der Waals surface area contributed by atoms with Crippen LogP contribution in [0.4, 0.5) is 57.4 Å². The van der Waals surface area contributed by atoms with Gasteiger partial charge in [0.05, 0.1) is 41.0 Å². The van der Waals surface area contributed by atoms with E-state index in [9.17, 15) is 5.26 Å². The van der Waals surface area contributed by atoms with Gasteiger partial charge in [-0.3, -0.25) is 0 Å². The van der Waals surface area contributed by atoms with Crippen molar-refractivity contribution in [2.75, 3.05) is 9.80 Å². The van der Waals surface area contributed by atoms with Crippen molar-refractivity contribution in [1.29, 1.82) is 5.26 Å². The van der Waals surface area contributed by atoms with Crippen LogP contribution in [0.2, 0.25) is 0 Å². The Labute approximate surface area is 379 Å². The molecular weight excluding hydrogens is 829 g/mol. The van der Waals surface area contributed by atoms with E-state index in [1.807, 2.05) is 113 Å². The van der Waals surface area contributed by atoms with Crippen molar-refractivity contribution >= 4 is 72.1 Å². The monoisotopic (exact) mass is 866 g/mol. The fourth-order valence-corrected chi connectivity index (χ4v) is 9.25. The van der Waals surface area contributed by atoms with Gasteiger partial charge in [-0.2, -0.15) is 5.26 Å². The van der Waals surface area contributed by atoms with Crippen LogP contribution >= 0.6 is 0 Å². The van der Waals surface area contributed by atoms with Crippen LogP contribution in [0.3, 0.4) is 0 Å². The smallest absolute Gasteiger partial charge is 0.187 e. The van der Waals surface area contributed by atoms with Crippen molar-refractivity contribution < 1.29 is 17.6 Å². The molecular formula is C58H38F4N4. The van der Waals surface area contributed by atoms with Gasteiger partial charge in [-0.15, -0.1) is 0 Å². The van der Waals surface area contributed by atoms with E-state index in [4.69, 9.17) is 6.57 Å². The first-order chi connectivity index (χ1) is 31.9. The fourth-order valence-electron chi connectivity index (χ4n) is 9.25. The van der Waals surface area contributed by atoms with E-state index >= 15 is 17.6 Å². The maximum absolute atomic E-state index is 16.6. The summed E-state index contributed by atoms with van der Waals surface area (Å²) in [6.45, 7) is 15.3. The Morgan fingerprint density at radius 3 is 1.30 bits per heavy atom. The number of aryl methyl sites for hydroxylation is 2. The second-order valence-electron chi connectivity index (χ2n) is 16.6. The Hall–Kier alpha value is -8.46. The molecule has 10 aromatic rings. The summed E-state index contributed by atoms with van der Waals surface area (Å²) in [6.07, 6.45) is 0. The Balaban J connectivity index is 1.24. The van der Waals surface area contributed by atoms with E-state index in [1.54, 1.807) is 70.5 Å². The number of benzene rings is 10. The zero-order valence-electron chi connectivity index (χ0n) is 36.3. The highest BCUT2D eigenvalue weighted by atomic mass is 19.1. The molecule has 4 nitrogen and oxygen atoms in total. The SMILES string of the molecule is [C-]#[N+]c1ccc(N(c2cc(-c3cccc(C)c3C)c(F)cc2F)c2ccc3ccc4c(N(c5ccc(C#N)cc5)c5cc(-c6cccc(C)c6C)c(F)cc5F)ccc5ccc2c3c54)cc1. The second kappa shape index (κ2) is 16.3. The molecule has 318 valence electrons. The van der Waals surface area contributed by atoms with Gasteiger partial charge in [0, 0.05) is 45.4 Å². The summed E-state index contributed by atoms with van der Waals surface area (Å²) in [5, 5.41) is 14.7. The molecule has 0 bridgehead atoms. The van der Waals surface area contributed by atoms with Crippen molar-refractivity contribution in [1.82, 2.24) is 0 Å². The highest BCUT2D eigenvalue weighted by molar-refractivity contribution is 6.28. The summed E-state index contributed by atoms with van der Waals surface area (Å²) >= 11 is 0. The number of nitrogens with zero attached hydrogens (tertiary/aromatic N) is 4. The first-order valence-electron chi connectivity index (χ1n) is 21.4. The van der Waals surface area contributed by atoms with Crippen LogP contribution < -0.4 is 9.80 Å². The van der Waals surface area contributed by atoms with Gasteiger partial charge in [0.1, 0.15) is 23.3 Å². The van der Waals surface area contributed by atoms with Crippen LogP contribution in [0.15, 0.2) is 158 Å². The van der Waals surface area contributed by atoms with Gasteiger partial charge in [-0.1, -0.05) is 84.9 Å². The molecule has 0 N–H and O–H groups in total. The Bertz CT molecular complexity index is 3420. The van der Waals surface area contributed by atoms with Gasteiger partial charge in [-0.05, 0) is 143 Å². The standard InChI is InChI=1S/C58H38F4N4/c1-33-8-6-10-43(35(33)3)47-28-55(51(61)30-49(47)59)65(41-20-12-37(32-63)13-21-41)53-26-16-38-15-25-46-54(27-17-39-14-24-45(53)57(38)58(39)46)66(42-22-18-40(64-5)19-23-42)56-29-48(50(60)31-52(56)62)44-11-7-9-34(2)36(44)4/h6-31H,1-4H3. The van der Waals surface area contributed by atoms with Crippen molar-refractivity contribution in [3.8, 4) is 28.3 Å². The minimum atomic E-state index is -0.777. The first kappa shape index (κ1) is 41.5. The minimum Gasteiger partial charge on any atom is -0.307 e. The highest BCUT2D eigenvalue weighted by Gasteiger charge is 2.27. The normalized spacial score (nSPS) is 11.3. The highest BCUT2D eigenvalue weighted by Crippen LogP contribution is 2.49. The van der Waals surface area contributed by atoms with Crippen molar-refractivity contribution in [3.63, 3.8) is 0 Å². The predicted molar refractivity (Wildman–Crippen MR) is 260 cm³/mol. The Kier molecular flexibility index (Phi) is 10.2. The first-order valence-corrected chi connectivity index (χ1v) is 21.4. The van der Waals surface area contributed by atoms with Crippen LogP contribution in [0, 0.1) is 68.9 Å². The molecule has 0 atom stereocenters. The predicted octanol–water partition coefficient (Wildman–Crippen LogP) is 17.1. The molecule has 0 heterocycles. The van der Waals surface area contributed by atoms with Crippen LogP contribution in [0.25, 0.3) is 59.4 Å². The molecule has 0 aliphatic rings. The molecule has 10 rings (SSSR count). The number of halogens is 4. The Morgan fingerprint density at radius 2 is 0.879 bits per heavy atom. The summed E-state index contributed by atoms with van der Waals surface area (Å²) in [7, 11) is 0. The van der Waals surface area contributed by atoms with Crippen LogP contribution in [-0.2, 0) is 0 Å². The molecule has 0 unspecified atom stereocenters. The van der Waals surface area contributed by atoms with Gasteiger partial charge in [0.25, 0.3) is 0 Å². The average molecular weight is 867 g/mol. The zero-order valence-corrected chi connectivity index (χ0v) is 36.3. The summed E-state index contributed by atoms with van der Waals surface area (Å²) < 4.78 is 65.1. The van der Waals surface area contributed by atoms with Crippen LogP contribution in [0.5, 0.6) is 0 Å². The van der Waals surface area contributed by atoms with Gasteiger partial charge < -0.3 is 9.80 Å². The third-order valence-corrected chi connectivity index (χ3v) is 12.9. The van der Waals surface area contributed by atoms with Crippen LogP contribution in [-0.4, -0.2) is 0 Å². The molecule has 10 aromatic carbocycles. The van der Waals surface area contributed by atoms with E-state index in [2.05, 4.69) is 10.9 Å². The number of hydrogen-bond donors (Lipinski definition) is 0. The topological polar surface area (TPSA) is 34.6 Å². The van der Waals surface area contributed by atoms with Crippen LogP contribution in [0.1, 0.15) is 27.8 Å². The molecule has 66 heavy (non-hydrogen) atoms. The van der Waals surface area contributed by atoms with Crippen molar-refractivity contribution in [2.24, 2.45) is 0 Å². The van der Waals surface area contributed by atoms with E-state index in [0.717, 1.165) is 66.7 Å². The molecule has 0 radical (unpaired) electrons. The third kappa shape index (κ3) is 6.83.